The van der Waals surface area contributed by atoms with Crippen LogP contribution in [-0.4, -0.2) is 19.6 Å². The molecule has 0 aliphatic rings. The van der Waals surface area contributed by atoms with Crippen molar-refractivity contribution in [3.63, 3.8) is 0 Å². The molecule has 0 aliphatic heterocycles. The Balaban J connectivity index is 1.94. The molecule has 2 aromatic rings. The van der Waals surface area contributed by atoms with E-state index in [0.717, 1.165) is 5.56 Å². The van der Waals surface area contributed by atoms with Gasteiger partial charge >= 0.3 is 0 Å². The third-order valence-corrected chi connectivity index (χ3v) is 4.01. The maximum Gasteiger partial charge on any atom is 0.239 e. The predicted molar refractivity (Wildman–Crippen MR) is 93.9 cm³/mol. The molecule has 24 heavy (non-hydrogen) atoms. The van der Waals surface area contributed by atoms with E-state index in [2.05, 4.69) is 36.6 Å². The van der Waals surface area contributed by atoms with Crippen molar-refractivity contribution in [3.8, 4) is 5.75 Å². The van der Waals surface area contributed by atoms with Crippen molar-refractivity contribution in [1.29, 1.82) is 0 Å². The number of carbonyl (C=O) groups is 1. The third-order valence-electron chi connectivity index (χ3n) is 4.01. The molecule has 0 aliphatic carbocycles. The molecular weight excluding hydrogens is 307 g/mol. The first-order chi connectivity index (χ1) is 11.4. The molecule has 0 heterocycles. The minimum Gasteiger partial charge on any atom is -0.494 e. The summed E-state index contributed by atoms with van der Waals surface area (Å²) in [5.74, 6) is -0.165. The van der Waals surface area contributed by atoms with Crippen molar-refractivity contribution in [2.75, 3.05) is 19.0 Å². The zero-order valence-corrected chi connectivity index (χ0v) is 14.4. The van der Waals surface area contributed by atoms with Crippen LogP contribution in [0.5, 0.6) is 5.75 Å². The highest BCUT2D eigenvalue weighted by atomic mass is 19.1. The normalized spacial score (nSPS) is 11.7. The van der Waals surface area contributed by atoms with Gasteiger partial charge in [-0.3, -0.25) is 4.79 Å². The van der Waals surface area contributed by atoms with Crippen LogP contribution in [0.4, 0.5) is 10.1 Å². The summed E-state index contributed by atoms with van der Waals surface area (Å²) in [6.07, 6.45) is 0. The summed E-state index contributed by atoms with van der Waals surface area (Å²) in [7, 11) is 1.46. The number of halogens is 1. The number of hydrogen-bond acceptors (Lipinski definition) is 3. The summed E-state index contributed by atoms with van der Waals surface area (Å²) in [4.78, 5) is 12.1. The van der Waals surface area contributed by atoms with Crippen molar-refractivity contribution in [2.24, 2.45) is 0 Å². The van der Waals surface area contributed by atoms with Gasteiger partial charge in [0.25, 0.3) is 0 Å². The molecule has 2 N–H and O–H groups in total. The Morgan fingerprint density at radius 1 is 1.17 bits per heavy atom. The molecule has 1 unspecified atom stereocenters. The quantitative estimate of drug-likeness (QED) is 0.848. The first-order valence-electron chi connectivity index (χ1n) is 7.84. The number of aryl methyl sites for hydroxylation is 2. The Hall–Kier alpha value is -2.56. The monoisotopic (exact) mass is 330 g/mol. The van der Waals surface area contributed by atoms with E-state index in [-0.39, 0.29) is 24.3 Å². The van der Waals surface area contributed by atoms with Crippen molar-refractivity contribution in [1.82, 2.24) is 5.32 Å². The largest absolute Gasteiger partial charge is 0.494 e. The Labute approximate surface area is 142 Å². The van der Waals surface area contributed by atoms with Crippen LogP contribution in [0.25, 0.3) is 0 Å². The Morgan fingerprint density at radius 3 is 2.58 bits per heavy atom. The van der Waals surface area contributed by atoms with Gasteiger partial charge in [-0.25, -0.2) is 4.39 Å². The van der Waals surface area contributed by atoms with Gasteiger partial charge in [0, 0.05) is 6.07 Å². The molecule has 128 valence electrons. The number of anilines is 1. The molecule has 0 saturated heterocycles. The fraction of sp³-hybridized carbons (Fsp3) is 0.316. The molecule has 2 rings (SSSR count). The number of amides is 1. The van der Waals surface area contributed by atoms with E-state index in [1.54, 1.807) is 6.07 Å². The number of hydrogen-bond donors (Lipinski definition) is 2. The highest BCUT2D eigenvalue weighted by Crippen LogP contribution is 2.24. The standard InChI is InChI=1S/C19H23FN2O2/c1-12-5-6-15(9-13(12)2)14(3)22-19(23)11-21-17-8-7-16(20)10-18(17)24-4/h5-10,14,21H,11H2,1-4H3,(H,22,23). The van der Waals surface area contributed by atoms with Gasteiger partial charge in [-0.05, 0) is 49.6 Å². The second-order valence-corrected chi connectivity index (χ2v) is 5.83. The van der Waals surface area contributed by atoms with Gasteiger partial charge < -0.3 is 15.4 Å². The number of nitrogens with one attached hydrogen (secondary N) is 2. The van der Waals surface area contributed by atoms with Crippen molar-refractivity contribution in [3.05, 3.63) is 58.9 Å². The summed E-state index contributed by atoms with van der Waals surface area (Å²) in [6, 6.07) is 10.2. The Kier molecular flexibility index (Phi) is 5.79. The fourth-order valence-corrected chi connectivity index (χ4v) is 2.40. The molecule has 1 atom stereocenters. The van der Waals surface area contributed by atoms with Crippen LogP contribution in [0.2, 0.25) is 0 Å². The van der Waals surface area contributed by atoms with Gasteiger partial charge in [-0.15, -0.1) is 0 Å². The third kappa shape index (κ3) is 4.47. The molecule has 4 nitrogen and oxygen atoms in total. The molecular formula is C19H23FN2O2. The number of benzene rings is 2. The minimum absolute atomic E-state index is 0.0805. The van der Waals surface area contributed by atoms with Crippen LogP contribution in [0, 0.1) is 19.7 Å². The van der Waals surface area contributed by atoms with Gasteiger partial charge in [0.15, 0.2) is 0 Å². The minimum atomic E-state index is -0.384. The van der Waals surface area contributed by atoms with Crippen LogP contribution in [0.15, 0.2) is 36.4 Å². The lowest BCUT2D eigenvalue weighted by molar-refractivity contribution is -0.120. The SMILES string of the molecule is COc1cc(F)ccc1NCC(=O)NC(C)c1ccc(C)c(C)c1. The fourth-order valence-electron chi connectivity index (χ4n) is 2.40. The molecule has 2 aromatic carbocycles. The van der Waals surface area contributed by atoms with Gasteiger partial charge in [0.1, 0.15) is 11.6 Å². The van der Waals surface area contributed by atoms with Crippen LogP contribution in [-0.2, 0) is 4.79 Å². The molecule has 5 heteroatoms. The lowest BCUT2D eigenvalue weighted by Crippen LogP contribution is -2.32. The maximum absolute atomic E-state index is 13.2. The number of rotatable bonds is 6. The zero-order chi connectivity index (χ0) is 17.7. The van der Waals surface area contributed by atoms with E-state index >= 15 is 0 Å². The summed E-state index contributed by atoms with van der Waals surface area (Å²) < 4.78 is 18.3. The van der Waals surface area contributed by atoms with Gasteiger partial charge in [0.05, 0.1) is 25.4 Å². The lowest BCUT2D eigenvalue weighted by Gasteiger charge is -2.17. The Morgan fingerprint density at radius 2 is 1.92 bits per heavy atom. The molecule has 0 aromatic heterocycles. The second-order valence-electron chi connectivity index (χ2n) is 5.83. The number of methoxy groups -OCH3 is 1. The highest BCUT2D eigenvalue weighted by molar-refractivity contribution is 5.81. The van der Waals surface area contributed by atoms with Crippen LogP contribution in [0.1, 0.15) is 29.7 Å². The smallest absolute Gasteiger partial charge is 0.239 e. The van der Waals surface area contributed by atoms with Crippen LogP contribution in [0.3, 0.4) is 0 Å². The van der Waals surface area contributed by atoms with Crippen molar-refractivity contribution >= 4 is 11.6 Å². The lowest BCUT2D eigenvalue weighted by atomic mass is 10.0. The van der Waals surface area contributed by atoms with Crippen molar-refractivity contribution in [2.45, 2.75) is 26.8 Å². The van der Waals surface area contributed by atoms with Gasteiger partial charge in [0.2, 0.25) is 5.91 Å². The average Bonchev–Trinajstić information content (AvgIpc) is 2.55. The molecule has 0 saturated carbocycles. The summed E-state index contributed by atoms with van der Waals surface area (Å²) >= 11 is 0. The van der Waals surface area contributed by atoms with Gasteiger partial charge in [-0.2, -0.15) is 0 Å². The van der Waals surface area contributed by atoms with E-state index in [1.165, 1.54) is 30.4 Å². The van der Waals surface area contributed by atoms with E-state index in [9.17, 15) is 9.18 Å². The highest BCUT2D eigenvalue weighted by Gasteiger charge is 2.11. The van der Waals surface area contributed by atoms with Gasteiger partial charge in [-0.1, -0.05) is 18.2 Å². The predicted octanol–water partition coefficient (Wildman–Crippen LogP) is 3.74. The molecule has 0 spiro atoms. The molecule has 0 bridgehead atoms. The maximum atomic E-state index is 13.2. The number of carbonyl (C=O) groups excluding carboxylic acids is 1. The zero-order valence-electron chi connectivity index (χ0n) is 14.4. The average molecular weight is 330 g/mol. The molecule has 1 amide bonds. The summed E-state index contributed by atoms with van der Waals surface area (Å²) in [6.45, 7) is 6.13. The Bertz CT molecular complexity index is 731. The van der Waals surface area contributed by atoms with E-state index in [1.807, 2.05) is 13.0 Å². The van der Waals surface area contributed by atoms with Crippen LogP contribution < -0.4 is 15.4 Å². The van der Waals surface area contributed by atoms with Crippen LogP contribution >= 0.6 is 0 Å². The molecule has 0 radical (unpaired) electrons. The topological polar surface area (TPSA) is 50.4 Å². The van der Waals surface area contributed by atoms with E-state index < -0.39 is 0 Å². The first-order valence-corrected chi connectivity index (χ1v) is 7.84. The second kappa shape index (κ2) is 7.81. The summed E-state index contributed by atoms with van der Waals surface area (Å²) in [5.41, 5.74) is 4.06. The van der Waals surface area contributed by atoms with E-state index in [0.29, 0.717) is 11.4 Å². The van der Waals surface area contributed by atoms with Crippen molar-refractivity contribution < 1.29 is 13.9 Å². The number of ether oxygens (including phenoxy) is 1. The summed E-state index contributed by atoms with van der Waals surface area (Å²) in [5, 5.41) is 5.91. The first kappa shape index (κ1) is 17.8. The van der Waals surface area contributed by atoms with E-state index in [4.69, 9.17) is 4.74 Å². The molecule has 0 fully saturated rings.